The second-order valence-electron chi connectivity index (χ2n) is 6.39. The number of carbonyl (C=O) groups excluding carboxylic acids is 1. The topological polar surface area (TPSA) is 87.3 Å². The van der Waals surface area contributed by atoms with E-state index in [1.165, 1.54) is 12.1 Å². The van der Waals surface area contributed by atoms with Gasteiger partial charge in [0.15, 0.2) is 0 Å². The van der Waals surface area contributed by atoms with Crippen LogP contribution >= 0.6 is 11.6 Å². The molecule has 0 heterocycles. The van der Waals surface area contributed by atoms with Crippen molar-refractivity contribution >= 4 is 55.5 Å². The van der Waals surface area contributed by atoms with E-state index in [-0.39, 0.29) is 5.69 Å². The van der Waals surface area contributed by atoms with Gasteiger partial charge in [0.25, 0.3) is 0 Å². The second-order valence-corrected chi connectivity index (χ2v) is 8.54. The summed E-state index contributed by atoms with van der Waals surface area (Å²) in [5.41, 5.74) is -0.521. The van der Waals surface area contributed by atoms with E-state index in [9.17, 15) is 26.4 Å². The zero-order valence-electron chi connectivity index (χ0n) is 15.3. The van der Waals surface area contributed by atoms with E-state index < -0.39 is 32.8 Å². The average molecular weight is 458 g/mol. The zero-order chi connectivity index (χ0) is 22.1. The molecule has 3 N–H and O–H groups in total. The molecule has 0 fully saturated rings. The number of rotatable bonds is 4. The van der Waals surface area contributed by atoms with E-state index in [0.29, 0.717) is 16.8 Å². The largest absolute Gasteiger partial charge is 0.417 e. The third-order valence-corrected chi connectivity index (χ3v) is 4.90. The summed E-state index contributed by atoms with van der Waals surface area (Å²) in [6.07, 6.45) is -3.65. The van der Waals surface area contributed by atoms with Crippen molar-refractivity contribution in [2.45, 2.75) is 6.18 Å². The van der Waals surface area contributed by atoms with Crippen molar-refractivity contribution in [1.82, 2.24) is 0 Å². The number of nitrogens with one attached hydrogen (secondary N) is 3. The molecule has 0 saturated heterocycles. The number of hydrogen-bond donors (Lipinski definition) is 3. The lowest BCUT2D eigenvalue weighted by Gasteiger charge is -2.14. The lowest BCUT2D eigenvalue weighted by atomic mass is 10.1. The molecule has 158 valence electrons. The van der Waals surface area contributed by atoms with Crippen LogP contribution in [0.4, 0.5) is 35.0 Å². The van der Waals surface area contributed by atoms with Crippen LogP contribution in [0.2, 0.25) is 5.02 Å². The van der Waals surface area contributed by atoms with E-state index in [1.807, 2.05) is 0 Å². The van der Waals surface area contributed by atoms with Crippen LogP contribution in [0.15, 0.2) is 54.6 Å². The molecule has 0 spiro atoms. The number of carbonyl (C=O) groups is 1. The molecule has 0 bridgehead atoms. The smallest absolute Gasteiger partial charge is 0.308 e. The molecule has 0 aliphatic carbocycles. The fraction of sp³-hybridized carbons (Fsp3) is 0.105. The number of benzene rings is 3. The van der Waals surface area contributed by atoms with Gasteiger partial charge in [-0.2, -0.15) is 13.2 Å². The Bertz CT molecular complexity index is 1230. The number of anilines is 3. The predicted octanol–water partition coefficient (Wildman–Crippen LogP) is 5.53. The molecule has 0 aliphatic rings. The van der Waals surface area contributed by atoms with Gasteiger partial charge >= 0.3 is 12.2 Å². The summed E-state index contributed by atoms with van der Waals surface area (Å²) in [6, 6.07) is 12.0. The quantitative estimate of drug-likeness (QED) is 0.481. The van der Waals surface area contributed by atoms with Crippen LogP contribution in [-0.4, -0.2) is 20.7 Å². The predicted molar refractivity (Wildman–Crippen MR) is 112 cm³/mol. The molecular formula is C19H15ClF3N3O3S. The maximum Gasteiger partial charge on any atom is 0.417 e. The highest BCUT2D eigenvalue weighted by Gasteiger charge is 2.33. The molecule has 0 unspecified atom stereocenters. The van der Waals surface area contributed by atoms with Gasteiger partial charge in [0.2, 0.25) is 10.0 Å². The molecule has 0 atom stereocenters. The zero-order valence-corrected chi connectivity index (χ0v) is 16.9. The maximum absolute atomic E-state index is 13.0. The van der Waals surface area contributed by atoms with Gasteiger partial charge in [0.1, 0.15) is 0 Å². The van der Waals surface area contributed by atoms with Crippen LogP contribution in [0.3, 0.4) is 0 Å². The van der Waals surface area contributed by atoms with Crippen molar-refractivity contribution in [3.8, 4) is 0 Å². The summed E-state index contributed by atoms with van der Waals surface area (Å²) >= 11 is 5.58. The highest BCUT2D eigenvalue weighted by Crippen LogP contribution is 2.36. The van der Waals surface area contributed by atoms with Crippen LogP contribution in [-0.2, 0) is 16.2 Å². The van der Waals surface area contributed by atoms with Gasteiger partial charge in [-0.1, -0.05) is 29.8 Å². The molecule has 0 saturated carbocycles. The normalized spacial score (nSPS) is 11.9. The maximum atomic E-state index is 13.0. The monoisotopic (exact) mass is 457 g/mol. The number of halogens is 4. The third kappa shape index (κ3) is 5.33. The Hall–Kier alpha value is -2.98. The minimum absolute atomic E-state index is 0.0936. The molecule has 30 heavy (non-hydrogen) atoms. The lowest BCUT2D eigenvalue weighted by molar-refractivity contribution is -0.137. The minimum atomic E-state index is -4.66. The molecule has 11 heteroatoms. The van der Waals surface area contributed by atoms with Crippen molar-refractivity contribution in [2.75, 3.05) is 21.6 Å². The van der Waals surface area contributed by atoms with E-state index in [0.717, 1.165) is 23.8 Å². The van der Waals surface area contributed by atoms with Gasteiger partial charge in [-0.3, -0.25) is 4.72 Å². The number of amides is 2. The second kappa shape index (κ2) is 8.04. The van der Waals surface area contributed by atoms with Crippen LogP contribution in [0.25, 0.3) is 10.8 Å². The fourth-order valence-corrected chi connectivity index (χ4v) is 3.54. The Balaban J connectivity index is 1.86. The van der Waals surface area contributed by atoms with E-state index >= 15 is 0 Å². The van der Waals surface area contributed by atoms with Crippen LogP contribution in [0, 0.1) is 0 Å². The Morgan fingerprint density at radius 1 is 0.967 bits per heavy atom. The van der Waals surface area contributed by atoms with Crippen LogP contribution in [0.5, 0.6) is 0 Å². The molecule has 3 rings (SSSR count). The number of urea groups is 1. The first kappa shape index (κ1) is 21.7. The van der Waals surface area contributed by atoms with E-state index in [4.69, 9.17) is 11.6 Å². The Labute approximate surface area is 175 Å². The summed E-state index contributed by atoms with van der Waals surface area (Å²) in [4.78, 5) is 12.3. The van der Waals surface area contributed by atoms with Crippen molar-refractivity contribution in [3.63, 3.8) is 0 Å². The first-order chi connectivity index (χ1) is 13.9. The summed E-state index contributed by atoms with van der Waals surface area (Å²) in [5.74, 6) is 0. The molecule has 2 amide bonds. The number of fused-ring (bicyclic) bond motifs is 1. The van der Waals surface area contributed by atoms with Crippen molar-refractivity contribution in [2.24, 2.45) is 0 Å². The summed E-state index contributed by atoms with van der Waals surface area (Å²) in [6.45, 7) is 0. The SMILES string of the molecule is CS(=O)(=O)Nc1ccc2cccc(NC(=O)Nc3ccc(Cl)c(C(F)(F)F)c3)c2c1. The van der Waals surface area contributed by atoms with Crippen LogP contribution in [0.1, 0.15) is 5.56 Å². The van der Waals surface area contributed by atoms with Gasteiger partial charge in [-0.05, 0) is 41.8 Å². The van der Waals surface area contributed by atoms with Gasteiger partial charge in [0.05, 0.1) is 22.5 Å². The summed E-state index contributed by atoms with van der Waals surface area (Å²) in [5, 5.41) is 5.66. The molecule has 0 aliphatic heterocycles. The summed E-state index contributed by atoms with van der Waals surface area (Å²) < 4.78 is 64.2. The number of alkyl halides is 3. The van der Waals surface area contributed by atoms with Crippen molar-refractivity contribution in [3.05, 3.63) is 65.2 Å². The standard InChI is InChI=1S/C19H15ClF3N3O3S/c1-30(28,29)26-13-6-5-11-3-2-4-17(14(11)9-13)25-18(27)24-12-7-8-16(20)15(10-12)19(21,22)23/h2-10,26H,1H3,(H2,24,25,27). The van der Waals surface area contributed by atoms with E-state index in [1.54, 1.807) is 30.3 Å². The van der Waals surface area contributed by atoms with Gasteiger partial charge in [0, 0.05) is 16.8 Å². The lowest BCUT2D eigenvalue weighted by Crippen LogP contribution is -2.20. The fourth-order valence-electron chi connectivity index (χ4n) is 2.76. The number of hydrogen-bond acceptors (Lipinski definition) is 3. The molecule has 3 aromatic carbocycles. The summed E-state index contributed by atoms with van der Waals surface area (Å²) in [7, 11) is -3.49. The third-order valence-electron chi connectivity index (χ3n) is 3.96. The number of sulfonamides is 1. The van der Waals surface area contributed by atoms with Gasteiger partial charge in [-0.15, -0.1) is 0 Å². The highest BCUT2D eigenvalue weighted by molar-refractivity contribution is 7.92. The van der Waals surface area contributed by atoms with Gasteiger partial charge in [-0.25, -0.2) is 13.2 Å². The van der Waals surface area contributed by atoms with Crippen LogP contribution < -0.4 is 15.4 Å². The van der Waals surface area contributed by atoms with E-state index in [2.05, 4.69) is 15.4 Å². The molecule has 6 nitrogen and oxygen atoms in total. The Morgan fingerprint density at radius 2 is 1.67 bits per heavy atom. The molecule has 3 aromatic rings. The van der Waals surface area contributed by atoms with Crippen molar-refractivity contribution < 1.29 is 26.4 Å². The van der Waals surface area contributed by atoms with Gasteiger partial charge < -0.3 is 10.6 Å². The Kier molecular flexibility index (Phi) is 5.82. The van der Waals surface area contributed by atoms with Crippen molar-refractivity contribution in [1.29, 1.82) is 0 Å². The highest BCUT2D eigenvalue weighted by atomic mass is 35.5. The molecule has 0 radical (unpaired) electrons. The Morgan fingerprint density at radius 3 is 2.33 bits per heavy atom. The average Bonchev–Trinajstić information content (AvgIpc) is 2.61. The minimum Gasteiger partial charge on any atom is -0.308 e. The first-order valence-corrected chi connectivity index (χ1v) is 10.6. The first-order valence-electron chi connectivity index (χ1n) is 8.38. The molecular weight excluding hydrogens is 443 g/mol. The molecule has 0 aromatic heterocycles.